The molecule has 5 nitrogen and oxygen atoms in total. The van der Waals surface area contributed by atoms with Crippen LogP contribution in [0.25, 0.3) is 0 Å². The van der Waals surface area contributed by atoms with Crippen molar-refractivity contribution < 1.29 is 14.6 Å². The van der Waals surface area contributed by atoms with Crippen molar-refractivity contribution in [1.29, 1.82) is 0 Å². The third kappa shape index (κ3) is 4.91. The third-order valence-corrected chi connectivity index (χ3v) is 3.04. The number of phenolic OH excluding ortho intramolecular Hbond substituents is 1. The van der Waals surface area contributed by atoms with Gasteiger partial charge in [0.2, 0.25) is 0 Å². The molecular weight excluding hydrogens is 324 g/mol. The molecule has 2 rings (SSSR count). The van der Waals surface area contributed by atoms with Crippen LogP contribution in [0.5, 0.6) is 11.5 Å². The fraction of sp³-hybridized carbons (Fsp3) is 0.0667. The highest BCUT2D eigenvalue weighted by Crippen LogP contribution is 2.21. The maximum absolute atomic E-state index is 11.7. The van der Waals surface area contributed by atoms with Crippen LogP contribution in [-0.4, -0.2) is 22.7 Å². The van der Waals surface area contributed by atoms with E-state index in [-0.39, 0.29) is 17.5 Å². The van der Waals surface area contributed by atoms with Gasteiger partial charge in [0, 0.05) is 5.02 Å². The monoisotopic (exact) mass is 336 g/mol. The van der Waals surface area contributed by atoms with E-state index in [0.717, 1.165) is 0 Å². The van der Waals surface area contributed by atoms with Gasteiger partial charge >= 0.3 is 0 Å². The van der Waals surface area contributed by atoms with Crippen LogP contribution in [0.4, 0.5) is 5.69 Å². The standard InChI is InChI=1S/C15H13ClN2O3S/c16-10-5-7-11(8-6-10)21-9-14(20)18-15(22)17-12-3-1-2-4-13(12)19/h1-8,19H,9H2,(H2,17,18,20,22). The molecule has 7 heteroatoms. The molecule has 0 fully saturated rings. The van der Waals surface area contributed by atoms with Crippen LogP contribution in [-0.2, 0) is 4.79 Å². The first-order valence-corrected chi connectivity index (χ1v) is 7.10. The zero-order chi connectivity index (χ0) is 15.9. The summed E-state index contributed by atoms with van der Waals surface area (Å²) in [6.07, 6.45) is 0. The van der Waals surface area contributed by atoms with Crippen LogP contribution in [0.1, 0.15) is 0 Å². The number of benzene rings is 2. The van der Waals surface area contributed by atoms with E-state index in [0.29, 0.717) is 16.5 Å². The minimum absolute atomic E-state index is 0.0384. The number of thiocarbonyl (C=S) groups is 1. The highest BCUT2D eigenvalue weighted by atomic mass is 35.5. The van der Waals surface area contributed by atoms with Gasteiger partial charge in [-0.25, -0.2) is 0 Å². The van der Waals surface area contributed by atoms with Gasteiger partial charge in [-0.2, -0.15) is 0 Å². The minimum atomic E-state index is -0.414. The van der Waals surface area contributed by atoms with Gasteiger partial charge in [0.05, 0.1) is 5.69 Å². The van der Waals surface area contributed by atoms with Crippen LogP contribution < -0.4 is 15.4 Å². The molecule has 0 radical (unpaired) electrons. The van der Waals surface area contributed by atoms with Crippen molar-refractivity contribution in [3.63, 3.8) is 0 Å². The fourth-order valence-corrected chi connectivity index (χ4v) is 1.93. The van der Waals surface area contributed by atoms with Gasteiger partial charge in [-0.3, -0.25) is 10.1 Å². The van der Waals surface area contributed by atoms with E-state index in [4.69, 9.17) is 28.6 Å². The molecule has 2 aromatic carbocycles. The third-order valence-electron chi connectivity index (χ3n) is 2.59. The van der Waals surface area contributed by atoms with Crippen molar-refractivity contribution in [2.24, 2.45) is 0 Å². The number of amides is 1. The van der Waals surface area contributed by atoms with Gasteiger partial charge in [0.1, 0.15) is 11.5 Å². The van der Waals surface area contributed by atoms with Crippen LogP contribution in [0.3, 0.4) is 0 Å². The second kappa shape index (κ2) is 7.63. The van der Waals surface area contributed by atoms with E-state index in [1.165, 1.54) is 6.07 Å². The average Bonchev–Trinajstić information content (AvgIpc) is 2.49. The van der Waals surface area contributed by atoms with E-state index in [2.05, 4.69) is 10.6 Å². The summed E-state index contributed by atoms with van der Waals surface area (Å²) >= 11 is 10.7. The van der Waals surface area contributed by atoms with Crippen molar-refractivity contribution >= 4 is 40.5 Å². The zero-order valence-corrected chi connectivity index (χ0v) is 12.9. The predicted octanol–water partition coefficient (Wildman–Crippen LogP) is 2.94. The molecule has 1 amide bonds. The summed E-state index contributed by atoms with van der Waals surface area (Å²) in [7, 11) is 0. The lowest BCUT2D eigenvalue weighted by atomic mass is 10.3. The molecule has 0 atom stereocenters. The second-order valence-corrected chi connectivity index (χ2v) is 5.11. The van der Waals surface area contributed by atoms with Crippen LogP contribution in [0.15, 0.2) is 48.5 Å². The number of nitrogens with one attached hydrogen (secondary N) is 2. The molecule has 2 aromatic rings. The Bertz CT molecular complexity index is 677. The number of para-hydroxylation sites is 2. The van der Waals surface area contributed by atoms with Crippen molar-refractivity contribution in [3.05, 3.63) is 53.6 Å². The normalized spacial score (nSPS) is 9.86. The molecule has 22 heavy (non-hydrogen) atoms. The fourth-order valence-electron chi connectivity index (χ4n) is 1.58. The topological polar surface area (TPSA) is 70.6 Å². The van der Waals surface area contributed by atoms with E-state index in [1.54, 1.807) is 42.5 Å². The molecule has 114 valence electrons. The number of anilines is 1. The SMILES string of the molecule is O=C(COc1ccc(Cl)cc1)NC(=S)Nc1ccccc1O. The quantitative estimate of drug-likeness (QED) is 0.591. The highest BCUT2D eigenvalue weighted by Gasteiger charge is 2.07. The Hall–Kier alpha value is -2.31. The molecular formula is C15H13ClN2O3S. The number of carbonyl (C=O) groups is 1. The van der Waals surface area contributed by atoms with Gasteiger partial charge in [-0.15, -0.1) is 0 Å². The molecule has 0 spiro atoms. The highest BCUT2D eigenvalue weighted by molar-refractivity contribution is 7.80. The number of hydrogen-bond acceptors (Lipinski definition) is 4. The number of phenols is 1. The van der Waals surface area contributed by atoms with Gasteiger partial charge in [0.15, 0.2) is 11.7 Å². The van der Waals surface area contributed by atoms with E-state index >= 15 is 0 Å². The number of ether oxygens (including phenoxy) is 1. The predicted molar refractivity (Wildman–Crippen MR) is 89.4 cm³/mol. The summed E-state index contributed by atoms with van der Waals surface area (Å²) in [6, 6.07) is 13.2. The molecule has 0 heterocycles. The summed E-state index contributed by atoms with van der Waals surface area (Å²) in [6.45, 7) is -0.190. The Kier molecular flexibility index (Phi) is 5.57. The summed E-state index contributed by atoms with van der Waals surface area (Å²) in [5.41, 5.74) is 0.409. The average molecular weight is 337 g/mol. The molecule has 0 aliphatic carbocycles. The molecule has 3 N–H and O–H groups in total. The van der Waals surface area contributed by atoms with Gasteiger partial charge in [-0.05, 0) is 48.6 Å². The lowest BCUT2D eigenvalue weighted by Crippen LogP contribution is -2.37. The summed E-state index contributed by atoms with van der Waals surface area (Å²) in [5, 5.41) is 15.4. The summed E-state index contributed by atoms with van der Waals surface area (Å²) < 4.78 is 5.29. The number of carbonyl (C=O) groups excluding carboxylic acids is 1. The molecule has 0 saturated carbocycles. The number of hydrogen-bond donors (Lipinski definition) is 3. The van der Waals surface area contributed by atoms with Crippen molar-refractivity contribution in [2.75, 3.05) is 11.9 Å². The number of aromatic hydroxyl groups is 1. The van der Waals surface area contributed by atoms with Gasteiger partial charge in [0.25, 0.3) is 5.91 Å². The van der Waals surface area contributed by atoms with Crippen molar-refractivity contribution in [3.8, 4) is 11.5 Å². The first kappa shape index (κ1) is 16.1. The van der Waals surface area contributed by atoms with E-state index in [1.807, 2.05) is 0 Å². The molecule has 0 unspecified atom stereocenters. The maximum Gasteiger partial charge on any atom is 0.264 e. The largest absolute Gasteiger partial charge is 0.506 e. The Morgan fingerprint density at radius 1 is 1.18 bits per heavy atom. The Morgan fingerprint density at radius 3 is 2.55 bits per heavy atom. The van der Waals surface area contributed by atoms with Crippen LogP contribution in [0, 0.1) is 0 Å². The van der Waals surface area contributed by atoms with Crippen LogP contribution >= 0.6 is 23.8 Å². The molecule has 0 bridgehead atoms. The van der Waals surface area contributed by atoms with E-state index < -0.39 is 5.91 Å². The molecule has 0 aromatic heterocycles. The Morgan fingerprint density at radius 2 is 1.86 bits per heavy atom. The lowest BCUT2D eigenvalue weighted by Gasteiger charge is -2.11. The van der Waals surface area contributed by atoms with Gasteiger partial charge in [-0.1, -0.05) is 23.7 Å². The number of rotatable bonds is 4. The molecule has 0 aliphatic rings. The summed E-state index contributed by atoms with van der Waals surface area (Å²) in [5.74, 6) is 0.151. The maximum atomic E-state index is 11.7. The smallest absolute Gasteiger partial charge is 0.264 e. The van der Waals surface area contributed by atoms with Crippen molar-refractivity contribution in [2.45, 2.75) is 0 Å². The summed E-state index contributed by atoms with van der Waals surface area (Å²) in [4.78, 5) is 11.7. The lowest BCUT2D eigenvalue weighted by molar-refractivity contribution is -0.121. The molecule has 0 saturated heterocycles. The van der Waals surface area contributed by atoms with Crippen molar-refractivity contribution in [1.82, 2.24) is 5.32 Å². The Labute approximate surface area is 137 Å². The first-order chi connectivity index (χ1) is 10.5. The number of halogens is 1. The van der Waals surface area contributed by atoms with E-state index in [9.17, 15) is 9.90 Å². The Balaban J connectivity index is 1.80. The zero-order valence-electron chi connectivity index (χ0n) is 11.4. The first-order valence-electron chi connectivity index (χ1n) is 6.32. The van der Waals surface area contributed by atoms with Crippen LogP contribution in [0.2, 0.25) is 5.02 Å². The van der Waals surface area contributed by atoms with Gasteiger partial charge < -0.3 is 15.2 Å². The second-order valence-electron chi connectivity index (χ2n) is 4.26. The minimum Gasteiger partial charge on any atom is -0.506 e. The molecule has 0 aliphatic heterocycles.